The highest BCUT2D eigenvalue weighted by Crippen LogP contribution is 2.20. The number of halogens is 1. The van der Waals surface area contributed by atoms with E-state index in [9.17, 15) is 9.18 Å². The summed E-state index contributed by atoms with van der Waals surface area (Å²) in [6.45, 7) is 2.74. The van der Waals surface area contributed by atoms with Gasteiger partial charge in [0, 0.05) is 24.1 Å². The molecule has 1 heterocycles. The Balaban J connectivity index is 2.08. The van der Waals surface area contributed by atoms with Crippen molar-refractivity contribution in [3.63, 3.8) is 0 Å². The number of hydrogen-bond donors (Lipinski definition) is 1. The lowest BCUT2D eigenvalue weighted by Crippen LogP contribution is -2.26. The van der Waals surface area contributed by atoms with Crippen LogP contribution in [-0.2, 0) is 9.47 Å². The molecular weight excluding hydrogens is 237 g/mol. The van der Waals surface area contributed by atoms with Gasteiger partial charge in [-0.2, -0.15) is 0 Å². The molecule has 98 valence electrons. The lowest BCUT2D eigenvalue weighted by molar-refractivity contribution is -0.0159. The highest BCUT2D eigenvalue weighted by Gasteiger charge is 2.20. The van der Waals surface area contributed by atoms with E-state index in [1.165, 1.54) is 6.07 Å². The highest BCUT2D eigenvalue weighted by molar-refractivity contribution is 5.90. The minimum absolute atomic E-state index is 0.155. The van der Waals surface area contributed by atoms with Gasteiger partial charge in [-0.1, -0.05) is 0 Å². The van der Waals surface area contributed by atoms with Crippen LogP contribution >= 0.6 is 0 Å². The Bertz CT molecular complexity index is 433. The predicted octanol–water partition coefficient (Wildman–Crippen LogP) is 2.05. The molecule has 0 unspecified atom stereocenters. The molecule has 4 nitrogen and oxygen atoms in total. The van der Waals surface area contributed by atoms with E-state index in [0.717, 1.165) is 6.07 Å². The summed E-state index contributed by atoms with van der Waals surface area (Å²) < 4.78 is 23.9. The van der Waals surface area contributed by atoms with Crippen molar-refractivity contribution in [3.8, 4) is 0 Å². The van der Waals surface area contributed by atoms with Crippen LogP contribution < -0.4 is 5.73 Å². The minimum Gasteiger partial charge on any atom is -0.459 e. The molecule has 1 aromatic rings. The van der Waals surface area contributed by atoms with Gasteiger partial charge in [0.2, 0.25) is 0 Å². The van der Waals surface area contributed by atoms with Crippen LogP contribution in [-0.4, -0.2) is 25.3 Å². The smallest absolute Gasteiger partial charge is 0.338 e. The molecule has 1 aliphatic heterocycles. The largest absolute Gasteiger partial charge is 0.459 e. The molecule has 1 saturated heterocycles. The van der Waals surface area contributed by atoms with Crippen LogP contribution in [0.2, 0.25) is 0 Å². The van der Waals surface area contributed by atoms with Crippen molar-refractivity contribution in [1.29, 1.82) is 0 Å². The number of rotatable bonds is 2. The Morgan fingerprint density at radius 1 is 1.44 bits per heavy atom. The summed E-state index contributed by atoms with van der Waals surface area (Å²) in [6.07, 6.45) is 1.20. The van der Waals surface area contributed by atoms with Gasteiger partial charge in [-0.25, -0.2) is 9.18 Å². The van der Waals surface area contributed by atoms with Crippen molar-refractivity contribution in [2.75, 3.05) is 18.9 Å². The first-order valence-corrected chi connectivity index (χ1v) is 5.92. The number of nitrogen functional groups attached to an aromatic ring is 1. The number of esters is 1. The molecule has 5 heteroatoms. The Morgan fingerprint density at radius 3 is 2.72 bits per heavy atom. The van der Waals surface area contributed by atoms with E-state index in [-0.39, 0.29) is 17.4 Å². The molecule has 1 aromatic carbocycles. The van der Waals surface area contributed by atoms with Crippen LogP contribution in [0.15, 0.2) is 12.1 Å². The predicted molar refractivity (Wildman–Crippen MR) is 64.8 cm³/mol. The molecule has 0 aliphatic carbocycles. The third-order valence-corrected chi connectivity index (χ3v) is 3.06. The molecule has 1 fully saturated rings. The SMILES string of the molecule is Cc1c(N)cc(C(=O)OC2CCOCC2)cc1F. The molecule has 0 aromatic heterocycles. The first-order valence-electron chi connectivity index (χ1n) is 5.92. The average Bonchev–Trinajstić information content (AvgIpc) is 2.36. The number of ether oxygens (including phenoxy) is 2. The van der Waals surface area contributed by atoms with E-state index in [2.05, 4.69) is 0 Å². The Hall–Kier alpha value is -1.62. The average molecular weight is 253 g/mol. The van der Waals surface area contributed by atoms with Gasteiger partial charge in [-0.05, 0) is 19.1 Å². The summed E-state index contributed by atoms with van der Waals surface area (Å²) in [5.74, 6) is -1.03. The Kier molecular flexibility index (Phi) is 3.81. The number of nitrogens with two attached hydrogens (primary N) is 1. The minimum atomic E-state index is -0.535. The summed E-state index contributed by atoms with van der Waals surface area (Å²) in [5.41, 5.74) is 6.38. The summed E-state index contributed by atoms with van der Waals surface area (Å²) in [7, 11) is 0. The van der Waals surface area contributed by atoms with Crippen LogP contribution in [0, 0.1) is 12.7 Å². The lowest BCUT2D eigenvalue weighted by Gasteiger charge is -2.22. The standard InChI is InChI=1S/C13H16FNO3/c1-8-11(14)6-9(7-12(8)15)13(16)18-10-2-4-17-5-3-10/h6-7,10H,2-5,15H2,1H3. The van der Waals surface area contributed by atoms with E-state index < -0.39 is 11.8 Å². The summed E-state index contributed by atoms with van der Waals surface area (Å²) in [5, 5.41) is 0. The van der Waals surface area contributed by atoms with Crippen molar-refractivity contribution < 1.29 is 18.7 Å². The number of hydrogen-bond acceptors (Lipinski definition) is 4. The van der Waals surface area contributed by atoms with Crippen LogP contribution in [0.5, 0.6) is 0 Å². The monoisotopic (exact) mass is 253 g/mol. The van der Waals surface area contributed by atoms with Gasteiger partial charge in [0.25, 0.3) is 0 Å². The molecule has 2 N–H and O–H groups in total. The maximum Gasteiger partial charge on any atom is 0.338 e. The van der Waals surface area contributed by atoms with Crippen LogP contribution in [0.4, 0.5) is 10.1 Å². The van der Waals surface area contributed by atoms with Crippen molar-refractivity contribution in [2.45, 2.75) is 25.9 Å². The first-order chi connectivity index (χ1) is 8.58. The normalized spacial score (nSPS) is 16.6. The van der Waals surface area contributed by atoms with Crippen molar-refractivity contribution in [3.05, 3.63) is 29.1 Å². The van der Waals surface area contributed by atoms with Gasteiger partial charge in [-0.3, -0.25) is 0 Å². The zero-order valence-corrected chi connectivity index (χ0v) is 10.2. The topological polar surface area (TPSA) is 61.6 Å². The fourth-order valence-electron chi connectivity index (χ4n) is 1.83. The molecule has 18 heavy (non-hydrogen) atoms. The van der Waals surface area contributed by atoms with E-state index in [0.29, 0.717) is 31.6 Å². The van der Waals surface area contributed by atoms with Crippen molar-refractivity contribution in [2.24, 2.45) is 0 Å². The molecule has 0 amide bonds. The number of anilines is 1. The van der Waals surface area contributed by atoms with E-state index in [1.54, 1.807) is 6.92 Å². The number of benzene rings is 1. The van der Waals surface area contributed by atoms with Crippen molar-refractivity contribution in [1.82, 2.24) is 0 Å². The van der Waals surface area contributed by atoms with Crippen LogP contribution in [0.1, 0.15) is 28.8 Å². The second kappa shape index (κ2) is 5.35. The zero-order chi connectivity index (χ0) is 13.1. The first kappa shape index (κ1) is 12.8. The summed E-state index contributed by atoms with van der Waals surface area (Å²) in [4.78, 5) is 11.8. The molecule has 0 spiro atoms. The Labute approximate surface area is 105 Å². The molecule has 0 atom stereocenters. The maximum absolute atomic E-state index is 13.5. The van der Waals surface area contributed by atoms with Gasteiger partial charge >= 0.3 is 5.97 Å². The van der Waals surface area contributed by atoms with Gasteiger partial charge in [0.1, 0.15) is 11.9 Å². The lowest BCUT2D eigenvalue weighted by atomic mass is 10.1. The van der Waals surface area contributed by atoms with Crippen LogP contribution in [0.3, 0.4) is 0 Å². The summed E-state index contributed by atoms with van der Waals surface area (Å²) in [6, 6.07) is 2.60. The second-order valence-electron chi connectivity index (χ2n) is 4.39. The third kappa shape index (κ3) is 2.79. The maximum atomic E-state index is 13.5. The molecule has 0 saturated carbocycles. The van der Waals surface area contributed by atoms with E-state index in [4.69, 9.17) is 15.2 Å². The van der Waals surface area contributed by atoms with Crippen LogP contribution in [0.25, 0.3) is 0 Å². The van der Waals surface area contributed by atoms with Gasteiger partial charge < -0.3 is 15.2 Å². The Morgan fingerprint density at radius 2 is 2.11 bits per heavy atom. The molecular formula is C13H16FNO3. The highest BCUT2D eigenvalue weighted by atomic mass is 19.1. The molecule has 0 radical (unpaired) electrons. The van der Waals surface area contributed by atoms with E-state index in [1.807, 2.05) is 0 Å². The number of carbonyl (C=O) groups is 1. The quantitative estimate of drug-likeness (QED) is 0.647. The molecule has 0 bridgehead atoms. The summed E-state index contributed by atoms with van der Waals surface area (Å²) >= 11 is 0. The van der Waals surface area contributed by atoms with Gasteiger partial charge in [0.15, 0.2) is 0 Å². The molecule has 2 rings (SSSR count). The second-order valence-corrected chi connectivity index (χ2v) is 4.39. The zero-order valence-electron chi connectivity index (χ0n) is 10.2. The molecule has 1 aliphatic rings. The van der Waals surface area contributed by atoms with Gasteiger partial charge in [0.05, 0.1) is 18.8 Å². The van der Waals surface area contributed by atoms with Crippen molar-refractivity contribution >= 4 is 11.7 Å². The number of carbonyl (C=O) groups excluding carboxylic acids is 1. The third-order valence-electron chi connectivity index (χ3n) is 3.06. The fraction of sp³-hybridized carbons (Fsp3) is 0.462. The fourth-order valence-corrected chi connectivity index (χ4v) is 1.83. The van der Waals surface area contributed by atoms with E-state index >= 15 is 0 Å². The van der Waals surface area contributed by atoms with Gasteiger partial charge in [-0.15, -0.1) is 0 Å².